The van der Waals surface area contributed by atoms with Crippen LogP contribution >= 0.6 is 12.4 Å². The fourth-order valence-electron chi connectivity index (χ4n) is 4.89. The number of hydrogen-bond acceptors (Lipinski definition) is 4. The zero-order valence-corrected chi connectivity index (χ0v) is 18.1. The third-order valence-electron chi connectivity index (χ3n) is 6.46. The second-order valence-corrected chi connectivity index (χ2v) is 8.38. The van der Waals surface area contributed by atoms with Crippen molar-refractivity contribution in [3.63, 3.8) is 0 Å². The first-order chi connectivity index (χ1) is 14.1. The van der Waals surface area contributed by atoms with E-state index in [0.717, 1.165) is 22.4 Å². The Morgan fingerprint density at radius 3 is 2.60 bits per heavy atom. The molecule has 4 rings (SSSR count). The molecule has 164 valence electrons. The van der Waals surface area contributed by atoms with Crippen LogP contribution in [0.25, 0.3) is 0 Å². The number of hydrogen-bond donors (Lipinski definition) is 3. The minimum atomic E-state index is -1.00. The van der Waals surface area contributed by atoms with Gasteiger partial charge in [0.05, 0.1) is 0 Å². The second-order valence-electron chi connectivity index (χ2n) is 8.38. The number of aryl methyl sites for hydroxylation is 1. The first kappa shape index (κ1) is 22.6. The summed E-state index contributed by atoms with van der Waals surface area (Å²) in [5.74, 6) is -0.626. The van der Waals surface area contributed by atoms with Gasteiger partial charge in [0.1, 0.15) is 12.1 Å². The summed E-state index contributed by atoms with van der Waals surface area (Å²) in [7, 11) is 0. The Kier molecular flexibility index (Phi) is 7.36. The van der Waals surface area contributed by atoms with Crippen LogP contribution in [0.15, 0.2) is 24.3 Å². The van der Waals surface area contributed by atoms with Gasteiger partial charge in [-0.3, -0.25) is 14.5 Å². The van der Waals surface area contributed by atoms with E-state index in [-0.39, 0.29) is 30.8 Å². The lowest BCUT2D eigenvalue weighted by Crippen LogP contribution is -2.45. The molecule has 1 saturated heterocycles. The summed E-state index contributed by atoms with van der Waals surface area (Å²) in [4.78, 5) is 38.9. The lowest BCUT2D eigenvalue weighted by molar-refractivity contribution is -0.135. The van der Waals surface area contributed by atoms with Gasteiger partial charge in [-0.05, 0) is 36.8 Å². The van der Waals surface area contributed by atoms with E-state index in [1.54, 1.807) is 0 Å². The highest BCUT2D eigenvalue weighted by Crippen LogP contribution is 2.41. The minimum Gasteiger partial charge on any atom is -0.353 e. The van der Waals surface area contributed by atoms with Gasteiger partial charge in [0.15, 0.2) is 0 Å². The fourth-order valence-corrected chi connectivity index (χ4v) is 4.89. The van der Waals surface area contributed by atoms with Crippen LogP contribution in [0.2, 0.25) is 0 Å². The van der Waals surface area contributed by atoms with Crippen LogP contribution in [0.3, 0.4) is 0 Å². The lowest BCUT2D eigenvalue weighted by atomic mass is 9.92. The number of nitrogens with zero attached hydrogens (tertiary/aromatic N) is 1. The quantitative estimate of drug-likeness (QED) is 0.364. The van der Waals surface area contributed by atoms with E-state index < -0.39 is 11.6 Å². The van der Waals surface area contributed by atoms with Gasteiger partial charge >= 0.3 is 6.03 Å². The van der Waals surface area contributed by atoms with Gasteiger partial charge in [-0.25, -0.2) is 4.79 Å². The molecule has 1 unspecified atom stereocenters. The Morgan fingerprint density at radius 1 is 1.10 bits per heavy atom. The third kappa shape index (κ3) is 4.47. The van der Waals surface area contributed by atoms with Crippen molar-refractivity contribution >= 4 is 30.3 Å². The van der Waals surface area contributed by atoms with E-state index in [1.807, 2.05) is 24.3 Å². The smallest absolute Gasteiger partial charge is 0.325 e. The van der Waals surface area contributed by atoms with Crippen molar-refractivity contribution in [3.05, 3.63) is 35.4 Å². The van der Waals surface area contributed by atoms with Crippen LogP contribution < -0.4 is 16.0 Å². The molecule has 1 atom stereocenters. The van der Waals surface area contributed by atoms with E-state index in [4.69, 9.17) is 0 Å². The number of benzene rings is 1. The van der Waals surface area contributed by atoms with Gasteiger partial charge in [-0.2, -0.15) is 0 Å². The SMILES string of the molecule is Cl.O=C(CN1C(=O)NC2(CCc3ccccc32)C1=O)NCCNC1CCCCCC1. The van der Waals surface area contributed by atoms with Crippen LogP contribution in [-0.2, 0) is 21.5 Å². The summed E-state index contributed by atoms with van der Waals surface area (Å²) in [6.07, 6.45) is 8.83. The molecule has 2 fully saturated rings. The van der Waals surface area contributed by atoms with Crippen molar-refractivity contribution in [2.24, 2.45) is 0 Å². The van der Waals surface area contributed by atoms with Crippen molar-refractivity contribution in [1.29, 1.82) is 0 Å². The Labute approximate surface area is 183 Å². The first-order valence-corrected chi connectivity index (χ1v) is 10.8. The number of urea groups is 1. The number of carbonyl (C=O) groups excluding carboxylic acids is 3. The van der Waals surface area contributed by atoms with Crippen molar-refractivity contribution in [1.82, 2.24) is 20.9 Å². The lowest BCUT2D eigenvalue weighted by Gasteiger charge is -2.22. The van der Waals surface area contributed by atoms with E-state index in [9.17, 15) is 14.4 Å². The second kappa shape index (κ2) is 9.79. The molecule has 0 bridgehead atoms. The average molecular weight is 435 g/mol. The maximum atomic E-state index is 13.1. The molecule has 2 aliphatic carbocycles. The standard InChI is InChI=1S/C22H30N4O3.ClH/c27-19(24-14-13-23-17-8-3-1-2-4-9-17)15-26-20(28)22(25-21(26)29)12-11-16-7-5-6-10-18(16)22;/h5-7,10,17,23H,1-4,8-9,11-15H2,(H,24,27)(H,25,29);1H. The molecule has 7 nitrogen and oxygen atoms in total. The molecule has 3 aliphatic rings. The number of fused-ring (bicyclic) bond motifs is 2. The van der Waals surface area contributed by atoms with Crippen LogP contribution in [-0.4, -0.2) is 48.4 Å². The van der Waals surface area contributed by atoms with E-state index in [0.29, 0.717) is 25.6 Å². The molecule has 1 aromatic carbocycles. The molecular weight excluding hydrogens is 404 g/mol. The van der Waals surface area contributed by atoms with Gasteiger partial charge in [0.2, 0.25) is 5.91 Å². The number of rotatable bonds is 6. The summed E-state index contributed by atoms with van der Waals surface area (Å²) in [5.41, 5.74) is 0.931. The normalized spacial score (nSPS) is 23.7. The Bertz CT molecular complexity index is 794. The Morgan fingerprint density at radius 2 is 1.83 bits per heavy atom. The molecule has 1 saturated carbocycles. The van der Waals surface area contributed by atoms with Gasteiger partial charge in [-0.15, -0.1) is 12.4 Å². The number of amides is 4. The largest absolute Gasteiger partial charge is 0.353 e. The summed E-state index contributed by atoms with van der Waals surface area (Å²) in [6, 6.07) is 7.74. The molecule has 8 heteroatoms. The predicted octanol–water partition coefficient (Wildman–Crippen LogP) is 2.23. The molecule has 0 aromatic heterocycles. The minimum absolute atomic E-state index is 0. The molecule has 1 spiro atoms. The maximum Gasteiger partial charge on any atom is 0.325 e. The van der Waals surface area contributed by atoms with Crippen molar-refractivity contribution in [3.8, 4) is 0 Å². The highest BCUT2D eigenvalue weighted by atomic mass is 35.5. The highest BCUT2D eigenvalue weighted by Gasteiger charge is 2.55. The van der Waals surface area contributed by atoms with Gasteiger partial charge < -0.3 is 16.0 Å². The number of carbonyl (C=O) groups is 3. The summed E-state index contributed by atoms with van der Waals surface area (Å²) in [6.45, 7) is 0.957. The molecule has 1 heterocycles. The molecular formula is C22H31ClN4O3. The van der Waals surface area contributed by atoms with Gasteiger partial charge in [-0.1, -0.05) is 49.9 Å². The molecule has 1 aromatic rings. The average Bonchev–Trinajstić information content (AvgIpc) is 3.05. The van der Waals surface area contributed by atoms with Crippen LogP contribution in [0.5, 0.6) is 0 Å². The Balaban J connectivity index is 0.00000256. The van der Waals surface area contributed by atoms with Crippen molar-refractivity contribution < 1.29 is 14.4 Å². The van der Waals surface area contributed by atoms with E-state index >= 15 is 0 Å². The highest BCUT2D eigenvalue weighted by molar-refractivity contribution is 6.09. The summed E-state index contributed by atoms with van der Waals surface area (Å²) >= 11 is 0. The van der Waals surface area contributed by atoms with Crippen molar-refractivity contribution in [2.45, 2.75) is 62.9 Å². The number of nitrogens with one attached hydrogen (secondary N) is 3. The Hall–Kier alpha value is -2.12. The molecule has 1 aliphatic heterocycles. The zero-order valence-electron chi connectivity index (χ0n) is 17.2. The zero-order chi connectivity index (χ0) is 20.3. The monoisotopic (exact) mass is 434 g/mol. The van der Waals surface area contributed by atoms with Gasteiger partial charge in [0.25, 0.3) is 5.91 Å². The molecule has 3 N–H and O–H groups in total. The molecule has 0 radical (unpaired) electrons. The van der Waals surface area contributed by atoms with Crippen molar-refractivity contribution in [2.75, 3.05) is 19.6 Å². The van der Waals surface area contributed by atoms with E-state index in [1.165, 1.54) is 38.5 Å². The predicted molar refractivity (Wildman–Crippen MR) is 116 cm³/mol. The third-order valence-corrected chi connectivity index (χ3v) is 6.46. The number of imide groups is 1. The number of halogens is 1. The summed E-state index contributed by atoms with van der Waals surface area (Å²) in [5, 5.41) is 9.18. The topological polar surface area (TPSA) is 90.5 Å². The maximum absolute atomic E-state index is 13.1. The molecule has 4 amide bonds. The summed E-state index contributed by atoms with van der Waals surface area (Å²) < 4.78 is 0. The van der Waals surface area contributed by atoms with Crippen LogP contribution in [0.4, 0.5) is 4.79 Å². The molecule has 30 heavy (non-hydrogen) atoms. The first-order valence-electron chi connectivity index (χ1n) is 10.8. The van der Waals surface area contributed by atoms with Crippen LogP contribution in [0, 0.1) is 0 Å². The van der Waals surface area contributed by atoms with Gasteiger partial charge in [0, 0.05) is 19.1 Å². The van der Waals surface area contributed by atoms with E-state index in [2.05, 4.69) is 16.0 Å². The fraction of sp³-hybridized carbons (Fsp3) is 0.591. The van der Waals surface area contributed by atoms with Crippen LogP contribution in [0.1, 0.15) is 56.1 Å².